The zero-order valence-electron chi connectivity index (χ0n) is 23.5. The fourth-order valence-corrected chi connectivity index (χ4v) is 6.19. The molecule has 0 amide bonds. The molecule has 43 heavy (non-hydrogen) atoms. The fraction of sp³-hybridized carbons (Fsp3) is 0.560. The quantitative estimate of drug-likeness (QED) is 0.156. The molecule has 5 atom stereocenters. The number of alkyl halides is 3. The number of thioether (sulfide) groups is 1. The Labute approximate surface area is 249 Å². The van der Waals surface area contributed by atoms with Gasteiger partial charge >= 0.3 is 19.6 Å². The predicted molar refractivity (Wildman–Crippen MR) is 150 cm³/mol. The molecule has 0 aliphatic carbocycles. The smallest absolute Gasteiger partial charge is 0.395 e. The van der Waals surface area contributed by atoms with Crippen molar-refractivity contribution in [2.75, 3.05) is 31.3 Å². The van der Waals surface area contributed by atoms with Crippen LogP contribution in [0.25, 0.3) is 0 Å². The zero-order valence-corrected chi connectivity index (χ0v) is 25.2. The monoisotopic (exact) mass is 654 g/mol. The van der Waals surface area contributed by atoms with Gasteiger partial charge in [-0.25, -0.2) is 14.4 Å². The van der Waals surface area contributed by atoms with E-state index >= 15 is 0 Å². The lowest BCUT2D eigenvalue weighted by molar-refractivity contribution is -0.138. The number of rotatable bonds is 13. The summed E-state index contributed by atoms with van der Waals surface area (Å²) in [6, 6.07) is 5.86. The molecule has 2 aromatic rings. The summed E-state index contributed by atoms with van der Waals surface area (Å²) in [7, 11) is -4.45. The van der Waals surface area contributed by atoms with E-state index in [1.54, 1.807) is 0 Å². The molecule has 0 spiro atoms. The standard InChI is InChI=1S/C25H34F3N4O9PS/c1-23(2,14-33)21(35)43-11-10-39-42(38,30-12-15-6-4-5-7-16(15)25(26,27)28)40-13-17-19(34)24(3,37)20(41-17)32-9-8-18(29)31-22(32)36/h4-9,17,19-20,33-34,37H,10-14H2,1-3H3,(H,30,38)(H2,29,31,36)/t17-,19-,20-,24-,42?/m1/s1. The Kier molecular flexibility index (Phi) is 11.2. The molecule has 1 unspecified atom stereocenters. The molecule has 240 valence electrons. The number of ether oxygens (including phenoxy) is 1. The molecule has 13 nitrogen and oxygen atoms in total. The van der Waals surface area contributed by atoms with Crippen LogP contribution in [-0.4, -0.2) is 73.4 Å². The van der Waals surface area contributed by atoms with E-state index < -0.39 is 74.4 Å². The number of aromatic nitrogens is 2. The van der Waals surface area contributed by atoms with Crippen molar-refractivity contribution in [1.82, 2.24) is 14.6 Å². The third-order valence-corrected chi connectivity index (χ3v) is 9.32. The molecule has 18 heteroatoms. The van der Waals surface area contributed by atoms with Gasteiger partial charge in [-0.1, -0.05) is 30.0 Å². The molecule has 3 rings (SSSR count). The summed E-state index contributed by atoms with van der Waals surface area (Å²) in [6.45, 7) is 2.19. The highest BCUT2D eigenvalue weighted by Crippen LogP contribution is 2.47. The van der Waals surface area contributed by atoms with Crippen molar-refractivity contribution in [2.45, 2.75) is 57.5 Å². The van der Waals surface area contributed by atoms with Crippen molar-refractivity contribution in [3.63, 3.8) is 0 Å². The van der Waals surface area contributed by atoms with Crippen LogP contribution in [-0.2, 0) is 35.9 Å². The van der Waals surface area contributed by atoms with Gasteiger partial charge in [0.25, 0.3) is 0 Å². The van der Waals surface area contributed by atoms with Gasteiger partial charge in [0.05, 0.1) is 30.8 Å². The molecule has 0 radical (unpaired) electrons. The lowest BCUT2D eigenvalue weighted by Gasteiger charge is -2.27. The molecule has 1 aromatic heterocycles. The minimum absolute atomic E-state index is 0.0389. The maximum Gasteiger partial charge on any atom is 0.416 e. The molecule has 0 saturated carbocycles. The summed E-state index contributed by atoms with van der Waals surface area (Å²) in [5, 5.41) is 33.0. The third kappa shape index (κ3) is 8.65. The largest absolute Gasteiger partial charge is 0.416 e. The van der Waals surface area contributed by atoms with E-state index in [4.69, 9.17) is 19.5 Å². The number of aliphatic hydroxyl groups excluding tert-OH is 2. The highest BCUT2D eigenvalue weighted by Gasteiger charge is 2.54. The summed E-state index contributed by atoms with van der Waals surface area (Å²) in [6.07, 6.45) is -8.02. The van der Waals surface area contributed by atoms with Crippen LogP contribution in [0.5, 0.6) is 0 Å². The van der Waals surface area contributed by atoms with Gasteiger partial charge in [-0.2, -0.15) is 18.2 Å². The number of hydrogen-bond acceptors (Lipinski definition) is 12. The molecular weight excluding hydrogens is 620 g/mol. The van der Waals surface area contributed by atoms with E-state index in [0.29, 0.717) is 0 Å². The van der Waals surface area contributed by atoms with Crippen LogP contribution in [0.4, 0.5) is 19.0 Å². The maximum atomic E-state index is 13.7. The minimum Gasteiger partial charge on any atom is -0.395 e. The Balaban J connectivity index is 1.76. The van der Waals surface area contributed by atoms with Crippen molar-refractivity contribution < 1.29 is 51.6 Å². The van der Waals surface area contributed by atoms with E-state index in [9.17, 15) is 42.6 Å². The number of benzene rings is 1. The number of nitrogen functional groups attached to an aromatic ring is 1. The fourth-order valence-electron chi connectivity index (χ4n) is 3.97. The van der Waals surface area contributed by atoms with E-state index in [1.807, 2.05) is 0 Å². The summed E-state index contributed by atoms with van der Waals surface area (Å²) >= 11 is 0.791. The average Bonchev–Trinajstić information content (AvgIpc) is 3.16. The third-order valence-electron chi connectivity index (χ3n) is 6.58. The molecule has 1 saturated heterocycles. The zero-order chi connectivity index (χ0) is 32.2. The van der Waals surface area contributed by atoms with Gasteiger partial charge in [0, 0.05) is 18.5 Å². The Hall–Kier alpha value is -2.34. The Morgan fingerprint density at radius 1 is 1.28 bits per heavy atom. The van der Waals surface area contributed by atoms with Crippen molar-refractivity contribution in [3.05, 3.63) is 58.1 Å². The van der Waals surface area contributed by atoms with Crippen LogP contribution in [0.1, 0.15) is 38.1 Å². The average molecular weight is 655 g/mol. The second-order valence-corrected chi connectivity index (χ2v) is 13.4. The number of nitrogens with zero attached hydrogens (tertiary/aromatic N) is 2. The summed E-state index contributed by atoms with van der Waals surface area (Å²) in [5.41, 5.74) is 0.282. The number of nitrogens with one attached hydrogen (secondary N) is 1. The van der Waals surface area contributed by atoms with Crippen molar-refractivity contribution in [3.8, 4) is 0 Å². The van der Waals surface area contributed by atoms with Gasteiger partial charge in [0.15, 0.2) is 11.3 Å². The van der Waals surface area contributed by atoms with Crippen LogP contribution in [0.15, 0.2) is 41.3 Å². The first-order valence-corrected chi connectivity index (χ1v) is 15.4. The molecule has 1 aliphatic rings. The number of nitrogens with two attached hydrogens (primary N) is 1. The Bertz CT molecular complexity index is 1390. The van der Waals surface area contributed by atoms with Crippen LogP contribution in [0.2, 0.25) is 0 Å². The van der Waals surface area contributed by atoms with Crippen molar-refractivity contribution >= 4 is 30.4 Å². The second-order valence-electron chi connectivity index (χ2n) is 10.5. The number of halogens is 3. The number of carbonyl (C=O) groups excluding carboxylic acids is 1. The second kappa shape index (κ2) is 13.7. The van der Waals surface area contributed by atoms with Gasteiger partial charge in [-0.3, -0.25) is 18.4 Å². The topological polar surface area (TPSA) is 195 Å². The van der Waals surface area contributed by atoms with E-state index in [-0.39, 0.29) is 28.9 Å². The molecule has 0 bridgehead atoms. The van der Waals surface area contributed by atoms with E-state index in [0.717, 1.165) is 22.4 Å². The van der Waals surface area contributed by atoms with Crippen LogP contribution in [0, 0.1) is 5.41 Å². The van der Waals surface area contributed by atoms with E-state index in [1.165, 1.54) is 51.2 Å². The maximum absolute atomic E-state index is 13.7. The highest BCUT2D eigenvalue weighted by molar-refractivity contribution is 8.13. The Morgan fingerprint density at radius 2 is 1.95 bits per heavy atom. The lowest BCUT2D eigenvalue weighted by Crippen LogP contribution is -2.46. The van der Waals surface area contributed by atoms with Crippen LogP contribution < -0.4 is 16.5 Å². The molecule has 1 aromatic carbocycles. The molecule has 1 aliphatic heterocycles. The van der Waals surface area contributed by atoms with Gasteiger partial charge < -0.3 is 25.8 Å². The van der Waals surface area contributed by atoms with E-state index in [2.05, 4.69) is 10.1 Å². The molecule has 2 heterocycles. The van der Waals surface area contributed by atoms with Crippen molar-refractivity contribution in [2.24, 2.45) is 5.41 Å². The van der Waals surface area contributed by atoms with Gasteiger partial charge in [-0.15, -0.1) is 0 Å². The SMILES string of the molecule is CC(C)(CO)C(=O)SCCOP(=O)(NCc1ccccc1C(F)(F)F)OC[C@H]1O[C@@H](n2ccc(N)nc2=O)[C@](C)(O)[C@@H]1O. The minimum atomic E-state index is -4.70. The lowest BCUT2D eigenvalue weighted by atomic mass is 9.96. The first kappa shape index (κ1) is 35.1. The summed E-state index contributed by atoms with van der Waals surface area (Å²) in [5.74, 6) is -0.126. The van der Waals surface area contributed by atoms with Gasteiger partial charge in [0.1, 0.15) is 23.6 Å². The number of carbonyl (C=O) groups is 1. The summed E-state index contributed by atoms with van der Waals surface area (Å²) in [4.78, 5) is 28.1. The number of hydrogen-bond donors (Lipinski definition) is 5. The first-order valence-electron chi connectivity index (χ1n) is 12.9. The highest BCUT2D eigenvalue weighted by atomic mass is 32.2. The molecule has 1 fully saturated rings. The number of anilines is 1. The molecule has 6 N–H and O–H groups in total. The first-order chi connectivity index (χ1) is 19.9. The van der Waals surface area contributed by atoms with Crippen LogP contribution >= 0.6 is 19.5 Å². The molecular formula is C25H34F3N4O9PS. The Morgan fingerprint density at radius 3 is 2.58 bits per heavy atom. The number of aliphatic hydroxyl groups is 3. The van der Waals surface area contributed by atoms with Crippen molar-refractivity contribution in [1.29, 1.82) is 0 Å². The van der Waals surface area contributed by atoms with Gasteiger partial charge in [-0.05, 0) is 38.5 Å². The van der Waals surface area contributed by atoms with Crippen LogP contribution in [0.3, 0.4) is 0 Å². The predicted octanol–water partition coefficient (Wildman–Crippen LogP) is 2.06. The summed E-state index contributed by atoms with van der Waals surface area (Å²) < 4.78 is 71.5. The normalized spacial score (nSPS) is 24.2. The van der Waals surface area contributed by atoms with Gasteiger partial charge in [0.2, 0.25) is 0 Å².